The maximum Gasteiger partial charge on any atom is 0.174 e. The summed E-state index contributed by atoms with van der Waals surface area (Å²) in [7, 11) is 1.68. The Bertz CT molecular complexity index is 1350. The molecule has 1 aliphatic rings. The number of nitrogens with zero attached hydrogens (tertiary/aromatic N) is 3. The van der Waals surface area contributed by atoms with Crippen molar-refractivity contribution in [2.24, 2.45) is 0 Å². The van der Waals surface area contributed by atoms with Crippen molar-refractivity contribution < 1.29 is 4.74 Å². The van der Waals surface area contributed by atoms with Crippen LogP contribution in [-0.4, -0.2) is 21.8 Å². The molecule has 2 aromatic heterocycles. The minimum Gasteiger partial charge on any atom is -0.495 e. The van der Waals surface area contributed by atoms with Crippen LogP contribution < -0.4 is 15.0 Å². The van der Waals surface area contributed by atoms with E-state index in [9.17, 15) is 0 Å². The molecule has 1 fully saturated rings. The molecule has 7 heteroatoms. The number of anilines is 1. The average Bonchev–Trinajstić information content (AvgIpc) is 3.35. The Morgan fingerprint density at radius 1 is 0.971 bits per heavy atom. The van der Waals surface area contributed by atoms with Crippen molar-refractivity contribution >= 4 is 34.6 Å². The van der Waals surface area contributed by atoms with E-state index in [1.165, 1.54) is 0 Å². The van der Waals surface area contributed by atoms with Crippen LogP contribution in [0.15, 0.2) is 79.0 Å². The summed E-state index contributed by atoms with van der Waals surface area (Å²) in [6.07, 6.45) is 1.82. The molecule has 1 aliphatic heterocycles. The lowest BCUT2D eigenvalue weighted by molar-refractivity contribution is 0.414. The van der Waals surface area contributed by atoms with Gasteiger partial charge in [0.1, 0.15) is 5.75 Å². The average molecular weight is 489 g/mol. The Labute approximate surface area is 210 Å². The maximum absolute atomic E-state index is 6.59. The van der Waals surface area contributed by atoms with Gasteiger partial charge in [-0.25, -0.2) is 0 Å². The van der Waals surface area contributed by atoms with Crippen LogP contribution in [0.4, 0.5) is 5.69 Å². The highest BCUT2D eigenvalue weighted by atomic mass is 35.5. The summed E-state index contributed by atoms with van der Waals surface area (Å²) in [6.45, 7) is 4.23. The number of nitrogens with one attached hydrogen (secondary N) is 1. The van der Waals surface area contributed by atoms with E-state index in [0.717, 1.165) is 39.8 Å². The van der Waals surface area contributed by atoms with Crippen molar-refractivity contribution in [2.45, 2.75) is 25.9 Å². The molecule has 5 nitrogen and oxygen atoms in total. The van der Waals surface area contributed by atoms with Crippen molar-refractivity contribution in [1.82, 2.24) is 14.9 Å². The Hall–Kier alpha value is -3.35. The smallest absolute Gasteiger partial charge is 0.174 e. The zero-order valence-corrected chi connectivity index (χ0v) is 20.8. The summed E-state index contributed by atoms with van der Waals surface area (Å²) in [6, 6.07) is 23.8. The zero-order valence-electron chi connectivity index (χ0n) is 19.2. The molecule has 1 saturated heterocycles. The van der Waals surface area contributed by atoms with E-state index in [2.05, 4.69) is 39.7 Å². The number of hydrogen-bond acceptors (Lipinski definition) is 3. The second kappa shape index (κ2) is 9.12. The molecular weight excluding hydrogens is 464 g/mol. The second-order valence-corrected chi connectivity index (χ2v) is 9.08. The van der Waals surface area contributed by atoms with Crippen molar-refractivity contribution in [3.63, 3.8) is 0 Å². The largest absolute Gasteiger partial charge is 0.495 e. The molecule has 5 rings (SSSR count). The highest BCUT2D eigenvalue weighted by Crippen LogP contribution is 2.46. The van der Waals surface area contributed by atoms with E-state index >= 15 is 0 Å². The molecule has 0 bridgehead atoms. The normalized spacial score (nSPS) is 17.6. The van der Waals surface area contributed by atoms with E-state index in [4.69, 9.17) is 28.6 Å². The molecule has 34 heavy (non-hydrogen) atoms. The fourth-order valence-electron chi connectivity index (χ4n) is 4.85. The summed E-state index contributed by atoms with van der Waals surface area (Å²) >= 11 is 12.5. The van der Waals surface area contributed by atoms with E-state index < -0.39 is 0 Å². The molecule has 172 valence electrons. The predicted molar refractivity (Wildman–Crippen MR) is 141 cm³/mol. The van der Waals surface area contributed by atoms with Crippen molar-refractivity contribution in [3.05, 3.63) is 107 Å². The molecule has 3 heterocycles. The van der Waals surface area contributed by atoms with Crippen LogP contribution in [0, 0.1) is 13.8 Å². The highest BCUT2D eigenvalue weighted by molar-refractivity contribution is 7.80. The minimum absolute atomic E-state index is 0.138. The Kier molecular flexibility index (Phi) is 6.02. The number of aromatic nitrogens is 2. The fraction of sp³-hybridized carbons (Fsp3) is 0.185. The molecule has 0 spiro atoms. The van der Waals surface area contributed by atoms with Gasteiger partial charge in [-0.2, -0.15) is 0 Å². The molecule has 0 amide bonds. The number of thiocarbonyl (C=S) groups is 1. The van der Waals surface area contributed by atoms with Gasteiger partial charge in [-0.15, -0.1) is 0 Å². The lowest BCUT2D eigenvalue weighted by atomic mass is 9.96. The second-order valence-electron chi connectivity index (χ2n) is 8.28. The first kappa shape index (κ1) is 22.4. The van der Waals surface area contributed by atoms with Gasteiger partial charge < -0.3 is 19.5 Å². The lowest BCUT2D eigenvalue weighted by Crippen LogP contribution is -2.30. The van der Waals surface area contributed by atoms with Crippen molar-refractivity contribution in [3.8, 4) is 11.4 Å². The van der Waals surface area contributed by atoms with Gasteiger partial charge in [0.05, 0.1) is 41.3 Å². The molecule has 2 unspecified atom stereocenters. The van der Waals surface area contributed by atoms with Gasteiger partial charge in [-0.1, -0.05) is 41.9 Å². The standard InChI is InChI=1S/C27H25ClN4OS/c1-17-16-19(18(2)31(17)22-12-5-4-10-20(22)28)26-25(21-11-8-9-15-29-21)30-27(34)32(26)23-13-6-7-14-24(23)33-3/h4-16,25-26H,1-3H3,(H,30,34). The van der Waals surface area contributed by atoms with Crippen molar-refractivity contribution in [2.75, 3.05) is 12.0 Å². The van der Waals surface area contributed by atoms with Gasteiger partial charge in [0.25, 0.3) is 0 Å². The number of ether oxygens (including phenoxy) is 1. The number of pyridine rings is 1. The van der Waals surface area contributed by atoms with E-state index in [1.54, 1.807) is 7.11 Å². The summed E-state index contributed by atoms with van der Waals surface area (Å²) < 4.78 is 7.91. The number of aryl methyl sites for hydroxylation is 1. The lowest BCUT2D eigenvalue weighted by Gasteiger charge is -2.29. The zero-order chi connectivity index (χ0) is 23.8. The molecule has 1 N–H and O–H groups in total. The van der Waals surface area contributed by atoms with Crippen LogP contribution in [0.2, 0.25) is 5.02 Å². The maximum atomic E-state index is 6.59. The topological polar surface area (TPSA) is 42.3 Å². The SMILES string of the molecule is COc1ccccc1N1C(=S)NC(c2ccccn2)C1c1cc(C)n(-c2ccccc2Cl)c1C. The van der Waals surface area contributed by atoms with Gasteiger partial charge in [0.15, 0.2) is 5.11 Å². The minimum atomic E-state index is -0.140. The highest BCUT2D eigenvalue weighted by Gasteiger charge is 2.43. The number of hydrogen-bond donors (Lipinski definition) is 1. The first-order valence-electron chi connectivity index (χ1n) is 11.1. The monoisotopic (exact) mass is 488 g/mol. The quantitative estimate of drug-likeness (QED) is 0.332. The van der Waals surface area contributed by atoms with E-state index in [1.807, 2.05) is 72.9 Å². The fourth-order valence-corrected chi connectivity index (χ4v) is 5.41. The number of benzene rings is 2. The summed E-state index contributed by atoms with van der Waals surface area (Å²) in [4.78, 5) is 6.81. The molecule has 0 aliphatic carbocycles. The summed E-state index contributed by atoms with van der Waals surface area (Å²) in [5, 5.41) is 4.87. The first-order chi connectivity index (χ1) is 16.5. The van der Waals surface area contributed by atoms with Crippen LogP contribution in [0.1, 0.15) is 34.7 Å². The third kappa shape index (κ3) is 3.73. The van der Waals surface area contributed by atoms with Crippen LogP contribution >= 0.6 is 23.8 Å². The third-order valence-electron chi connectivity index (χ3n) is 6.33. The Morgan fingerprint density at radius 3 is 2.38 bits per heavy atom. The van der Waals surface area contributed by atoms with Crippen LogP contribution in [0.5, 0.6) is 5.75 Å². The molecule has 2 aromatic carbocycles. The Balaban J connectivity index is 1.72. The van der Waals surface area contributed by atoms with E-state index in [0.29, 0.717) is 10.1 Å². The van der Waals surface area contributed by atoms with E-state index in [-0.39, 0.29) is 12.1 Å². The van der Waals surface area contributed by atoms with Gasteiger partial charge in [0.2, 0.25) is 0 Å². The van der Waals surface area contributed by atoms with Crippen LogP contribution in [-0.2, 0) is 0 Å². The van der Waals surface area contributed by atoms with Gasteiger partial charge in [-0.3, -0.25) is 4.98 Å². The van der Waals surface area contributed by atoms with Crippen LogP contribution in [0.25, 0.3) is 5.69 Å². The van der Waals surface area contributed by atoms with Crippen molar-refractivity contribution in [1.29, 1.82) is 0 Å². The first-order valence-corrected chi connectivity index (χ1v) is 11.9. The molecule has 2 atom stereocenters. The molecule has 0 saturated carbocycles. The third-order valence-corrected chi connectivity index (χ3v) is 6.96. The molecule has 0 radical (unpaired) electrons. The predicted octanol–water partition coefficient (Wildman–Crippen LogP) is 6.33. The van der Waals surface area contributed by atoms with Gasteiger partial charge >= 0.3 is 0 Å². The Morgan fingerprint density at radius 2 is 1.68 bits per heavy atom. The van der Waals surface area contributed by atoms with Gasteiger partial charge in [0, 0.05) is 17.6 Å². The number of para-hydroxylation sites is 3. The molecular formula is C27H25ClN4OS. The number of halogens is 1. The van der Waals surface area contributed by atoms with Crippen LogP contribution in [0.3, 0.4) is 0 Å². The summed E-state index contributed by atoms with van der Waals surface area (Å²) in [5.74, 6) is 0.762. The number of methoxy groups -OCH3 is 1. The summed E-state index contributed by atoms with van der Waals surface area (Å²) in [5.41, 5.74) is 6.13. The molecule has 4 aromatic rings. The number of rotatable bonds is 5. The van der Waals surface area contributed by atoms with Gasteiger partial charge in [-0.05, 0) is 74.1 Å².